The third kappa shape index (κ3) is 4.42. The van der Waals surface area contributed by atoms with Crippen molar-refractivity contribution in [3.8, 4) is 17.2 Å². The van der Waals surface area contributed by atoms with Crippen molar-refractivity contribution >= 4 is 34.4 Å². The Kier molecular flexibility index (Phi) is 6.37. The first-order chi connectivity index (χ1) is 15.6. The highest BCUT2D eigenvalue weighted by atomic mass is 32.2. The number of benzene rings is 2. The Hall–Kier alpha value is -3.85. The van der Waals surface area contributed by atoms with Crippen LogP contribution in [0.2, 0.25) is 0 Å². The number of hydrogen-bond acceptors (Lipinski definition) is 7. The summed E-state index contributed by atoms with van der Waals surface area (Å²) < 4.78 is 12.0. The summed E-state index contributed by atoms with van der Waals surface area (Å²) in [6.07, 6.45) is 1.58. The number of thioether (sulfide) groups is 1. The summed E-state index contributed by atoms with van der Waals surface area (Å²) in [5, 5.41) is 3.56. The van der Waals surface area contributed by atoms with Gasteiger partial charge < -0.3 is 14.8 Å². The summed E-state index contributed by atoms with van der Waals surface area (Å²) in [6, 6.07) is 17.6. The molecule has 0 aliphatic carbocycles. The molecule has 0 saturated carbocycles. The van der Waals surface area contributed by atoms with E-state index in [0.717, 1.165) is 11.8 Å². The molecule has 9 heteroatoms. The lowest BCUT2D eigenvalue weighted by atomic mass is 10.3. The molecule has 2 aromatic carbocycles. The zero-order valence-corrected chi connectivity index (χ0v) is 18.3. The van der Waals surface area contributed by atoms with Gasteiger partial charge in [0, 0.05) is 12.3 Å². The van der Waals surface area contributed by atoms with Crippen LogP contribution < -0.4 is 20.3 Å². The SMILES string of the molecule is COc1cccc(-n2c(SCC(=O)Nc3ccccc3OC)nc3ncccc3c2=O)c1. The largest absolute Gasteiger partial charge is 0.497 e. The maximum absolute atomic E-state index is 13.3. The molecule has 4 aromatic rings. The van der Waals surface area contributed by atoms with Gasteiger partial charge in [0.15, 0.2) is 10.8 Å². The lowest BCUT2D eigenvalue weighted by Gasteiger charge is -2.14. The maximum atomic E-state index is 13.3. The number of hydrogen-bond donors (Lipinski definition) is 1. The van der Waals surface area contributed by atoms with Crippen LogP contribution in [0.1, 0.15) is 0 Å². The fourth-order valence-corrected chi connectivity index (χ4v) is 3.94. The molecule has 0 atom stereocenters. The molecule has 2 heterocycles. The van der Waals surface area contributed by atoms with Crippen LogP contribution in [-0.2, 0) is 4.79 Å². The average Bonchev–Trinajstić information content (AvgIpc) is 2.83. The summed E-state index contributed by atoms with van der Waals surface area (Å²) in [4.78, 5) is 34.7. The van der Waals surface area contributed by atoms with E-state index in [1.165, 1.54) is 4.57 Å². The van der Waals surface area contributed by atoms with Gasteiger partial charge in [-0.25, -0.2) is 9.97 Å². The molecule has 0 unspecified atom stereocenters. The van der Waals surface area contributed by atoms with Gasteiger partial charge in [-0.1, -0.05) is 30.0 Å². The number of nitrogens with one attached hydrogen (secondary N) is 1. The first kappa shape index (κ1) is 21.4. The van der Waals surface area contributed by atoms with Gasteiger partial charge in [0.2, 0.25) is 5.91 Å². The van der Waals surface area contributed by atoms with Crippen molar-refractivity contribution in [1.82, 2.24) is 14.5 Å². The summed E-state index contributed by atoms with van der Waals surface area (Å²) in [5.74, 6) is 0.942. The minimum Gasteiger partial charge on any atom is -0.497 e. The van der Waals surface area contributed by atoms with E-state index in [1.807, 2.05) is 12.1 Å². The van der Waals surface area contributed by atoms with E-state index in [2.05, 4.69) is 15.3 Å². The predicted molar refractivity (Wildman–Crippen MR) is 124 cm³/mol. The average molecular weight is 449 g/mol. The van der Waals surface area contributed by atoms with Crippen molar-refractivity contribution in [3.63, 3.8) is 0 Å². The van der Waals surface area contributed by atoms with E-state index in [-0.39, 0.29) is 17.2 Å². The Labute approximate surface area is 188 Å². The van der Waals surface area contributed by atoms with Gasteiger partial charge in [0.1, 0.15) is 11.5 Å². The van der Waals surface area contributed by atoms with Crippen LogP contribution in [0, 0.1) is 0 Å². The van der Waals surface area contributed by atoms with Gasteiger partial charge in [0.05, 0.1) is 36.7 Å². The van der Waals surface area contributed by atoms with Crippen LogP contribution in [0.25, 0.3) is 16.7 Å². The maximum Gasteiger partial charge on any atom is 0.268 e. The Morgan fingerprint density at radius 3 is 2.72 bits per heavy atom. The Morgan fingerprint density at radius 2 is 1.91 bits per heavy atom. The predicted octanol–water partition coefficient (Wildman–Crippen LogP) is 3.53. The van der Waals surface area contributed by atoms with Crippen LogP contribution in [0.4, 0.5) is 5.69 Å². The summed E-state index contributed by atoms with van der Waals surface area (Å²) in [7, 11) is 3.10. The number of carbonyl (C=O) groups is 1. The molecule has 4 rings (SSSR count). The van der Waals surface area contributed by atoms with Crippen molar-refractivity contribution in [2.45, 2.75) is 5.16 Å². The molecule has 1 amide bonds. The van der Waals surface area contributed by atoms with Gasteiger partial charge in [-0.15, -0.1) is 0 Å². The van der Waals surface area contributed by atoms with Crippen LogP contribution in [0.3, 0.4) is 0 Å². The number of ether oxygens (including phenoxy) is 2. The van der Waals surface area contributed by atoms with Crippen LogP contribution in [0.5, 0.6) is 11.5 Å². The van der Waals surface area contributed by atoms with Gasteiger partial charge in [0.25, 0.3) is 5.56 Å². The minimum atomic E-state index is -0.274. The van der Waals surface area contributed by atoms with E-state index in [9.17, 15) is 9.59 Å². The number of nitrogens with zero attached hydrogens (tertiary/aromatic N) is 3. The number of carbonyl (C=O) groups excluding carboxylic acids is 1. The summed E-state index contributed by atoms with van der Waals surface area (Å²) >= 11 is 1.14. The molecule has 2 aromatic heterocycles. The number of rotatable bonds is 7. The van der Waals surface area contributed by atoms with Gasteiger partial charge in [-0.2, -0.15) is 0 Å². The van der Waals surface area contributed by atoms with E-state index in [4.69, 9.17) is 9.47 Å². The lowest BCUT2D eigenvalue weighted by molar-refractivity contribution is -0.113. The van der Waals surface area contributed by atoms with Crippen LogP contribution in [0.15, 0.2) is 76.8 Å². The Morgan fingerprint density at radius 1 is 1.06 bits per heavy atom. The van der Waals surface area contributed by atoms with Crippen molar-refractivity contribution < 1.29 is 14.3 Å². The van der Waals surface area contributed by atoms with E-state index < -0.39 is 0 Å². The molecule has 0 aliphatic rings. The number of methoxy groups -OCH3 is 2. The molecule has 0 spiro atoms. The first-order valence-electron chi connectivity index (χ1n) is 9.68. The Bertz CT molecular complexity index is 1340. The molecule has 162 valence electrons. The zero-order chi connectivity index (χ0) is 22.5. The van der Waals surface area contributed by atoms with Gasteiger partial charge in [-0.05, 0) is 36.4 Å². The number of amides is 1. The Balaban J connectivity index is 1.68. The van der Waals surface area contributed by atoms with E-state index in [0.29, 0.717) is 39.1 Å². The number of pyridine rings is 1. The molecular formula is C23H20N4O4S. The van der Waals surface area contributed by atoms with Crippen molar-refractivity contribution in [1.29, 1.82) is 0 Å². The number of aromatic nitrogens is 3. The molecule has 0 aliphatic heterocycles. The highest BCUT2D eigenvalue weighted by Gasteiger charge is 2.16. The fraction of sp³-hybridized carbons (Fsp3) is 0.130. The van der Waals surface area contributed by atoms with Crippen molar-refractivity contribution in [2.75, 3.05) is 25.3 Å². The lowest BCUT2D eigenvalue weighted by Crippen LogP contribution is -2.23. The molecule has 0 fully saturated rings. The summed E-state index contributed by atoms with van der Waals surface area (Å²) in [5.41, 5.74) is 1.20. The molecule has 0 saturated heterocycles. The van der Waals surface area contributed by atoms with Gasteiger partial charge in [-0.3, -0.25) is 14.2 Å². The van der Waals surface area contributed by atoms with Crippen molar-refractivity contribution in [2.24, 2.45) is 0 Å². The smallest absolute Gasteiger partial charge is 0.268 e. The number of fused-ring (bicyclic) bond motifs is 1. The second-order valence-corrected chi connectivity index (χ2v) is 7.59. The van der Waals surface area contributed by atoms with Crippen LogP contribution >= 0.6 is 11.8 Å². The highest BCUT2D eigenvalue weighted by Crippen LogP contribution is 2.25. The number of para-hydroxylation sites is 2. The monoisotopic (exact) mass is 448 g/mol. The normalized spacial score (nSPS) is 10.7. The summed E-state index contributed by atoms with van der Waals surface area (Å²) in [6.45, 7) is 0. The van der Waals surface area contributed by atoms with E-state index >= 15 is 0 Å². The zero-order valence-electron chi connectivity index (χ0n) is 17.4. The van der Waals surface area contributed by atoms with Crippen molar-refractivity contribution in [3.05, 3.63) is 77.2 Å². The quantitative estimate of drug-likeness (QED) is 0.341. The third-order valence-corrected chi connectivity index (χ3v) is 5.58. The third-order valence-electron chi connectivity index (χ3n) is 4.64. The second kappa shape index (κ2) is 9.52. The molecule has 8 nitrogen and oxygen atoms in total. The fourth-order valence-electron chi connectivity index (χ4n) is 3.14. The van der Waals surface area contributed by atoms with E-state index in [1.54, 1.807) is 68.9 Å². The van der Waals surface area contributed by atoms with Crippen LogP contribution in [-0.4, -0.2) is 40.4 Å². The molecule has 1 N–H and O–H groups in total. The topological polar surface area (TPSA) is 95.3 Å². The molecule has 0 bridgehead atoms. The van der Waals surface area contributed by atoms with Gasteiger partial charge >= 0.3 is 0 Å². The molecule has 32 heavy (non-hydrogen) atoms. The highest BCUT2D eigenvalue weighted by molar-refractivity contribution is 7.99. The number of anilines is 1. The molecular weight excluding hydrogens is 428 g/mol. The second-order valence-electron chi connectivity index (χ2n) is 6.65. The first-order valence-corrected chi connectivity index (χ1v) is 10.7. The minimum absolute atomic E-state index is 0.0345. The standard InChI is InChI=1S/C23H20N4O4S/c1-30-16-8-5-7-15(13-16)27-22(29)17-9-6-12-24-21(17)26-23(27)32-14-20(28)25-18-10-3-4-11-19(18)31-2/h3-13H,14H2,1-2H3,(H,25,28). The molecule has 0 radical (unpaired) electrons.